The third-order valence-electron chi connectivity index (χ3n) is 3.03. The molecule has 3 N–H and O–H groups in total. The summed E-state index contributed by atoms with van der Waals surface area (Å²) in [5.41, 5.74) is 0. The number of anilines is 1. The standard InChI is InChI=1S/C11H15BrN4O2/c12-9-5-14-10(6-13-9)15-7-1-3-8(4-2-7)16-11(17)18/h5-8,16H,1-4H2,(H,14,15)(H,17,18)/t7-,8-. The van der Waals surface area contributed by atoms with E-state index in [1.165, 1.54) is 0 Å². The lowest BCUT2D eigenvalue weighted by Gasteiger charge is -2.29. The zero-order chi connectivity index (χ0) is 13.0. The van der Waals surface area contributed by atoms with Crippen molar-refractivity contribution in [3.63, 3.8) is 0 Å². The molecule has 0 atom stereocenters. The lowest BCUT2D eigenvalue weighted by Crippen LogP contribution is -2.39. The van der Waals surface area contributed by atoms with Gasteiger partial charge in [-0.05, 0) is 41.6 Å². The fourth-order valence-electron chi connectivity index (χ4n) is 2.15. The van der Waals surface area contributed by atoms with Gasteiger partial charge in [0.15, 0.2) is 0 Å². The van der Waals surface area contributed by atoms with Gasteiger partial charge in [-0.1, -0.05) is 0 Å². The fraction of sp³-hybridized carbons (Fsp3) is 0.545. The van der Waals surface area contributed by atoms with Gasteiger partial charge in [0.2, 0.25) is 0 Å². The Bertz CT molecular complexity index is 404. The molecular formula is C11H15BrN4O2. The first-order valence-corrected chi connectivity index (χ1v) is 6.66. The van der Waals surface area contributed by atoms with Crippen molar-refractivity contribution < 1.29 is 9.90 Å². The summed E-state index contributed by atoms with van der Waals surface area (Å²) >= 11 is 3.24. The number of amides is 1. The van der Waals surface area contributed by atoms with Gasteiger partial charge in [0.1, 0.15) is 10.4 Å². The van der Waals surface area contributed by atoms with Gasteiger partial charge in [0, 0.05) is 12.1 Å². The van der Waals surface area contributed by atoms with Gasteiger partial charge in [-0.15, -0.1) is 0 Å². The van der Waals surface area contributed by atoms with Crippen LogP contribution in [-0.2, 0) is 0 Å². The van der Waals surface area contributed by atoms with Crippen LogP contribution in [0.15, 0.2) is 17.0 Å². The van der Waals surface area contributed by atoms with E-state index in [2.05, 4.69) is 36.5 Å². The summed E-state index contributed by atoms with van der Waals surface area (Å²) in [6, 6.07) is 0.420. The van der Waals surface area contributed by atoms with Crippen molar-refractivity contribution in [3.8, 4) is 0 Å². The molecule has 0 radical (unpaired) electrons. The van der Waals surface area contributed by atoms with Crippen LogP contribution >= 0.6 is 15.9 Å². The number of halogens is 1. The van der Waals surface area contributed by atoms with Gasteiger partial charge in [0.05, 0.1) is 12.4 Å². The van der Waals surface area contributed by atoms with Crippen LogP contribution in [0.1, 0.15) is 25.7 Å². The minimum atomic E-state index is -0.940. The van der Waals surface area contributed by atoms with Crippen molar-refractivity contribution in [2.24, 2.45) is 0 Å². The molecule has 1 amide bonds. The molecule has 1 heterocycles. The number of carbonyl (C=O) groups is 1. The normalized spacial score (nSPS) is 23.4. The molecule has 2 rings (SSSR count). The van der Waals surface area contributed by atoms with Crippen LogP contribution in [0.3, 0.4) is 0 Å². The molecule has 1 aliphatic rings. The third-order valence-corrected chi connectivity index (χ3v) is 3.44. The molecule has 0 spiro atoms. The molecule has 7 heteroatoms. The third kappa shape index (κ3) is 3.83. The monoisotopic (exact) mass is 314 g/mol. The Morgan fingerprint density at radius 2 is 1.89 bits per heavy atom. The summed E-state index contributed by atoms with van der Waals surface area (Å²) in [7, 11) is 0. The van der Waals surface area contributed by atoms with Crippen molar-refractivity contribution in [1.82, 2.24) is 15.3 Å². The Hall–Kier alpha value is -1.37. The molecule has 0 aliphatic heterocycles. The molecule has 6 nitrogen and oxygen atoms in total. The van der Waals surface area contributed by atoms with Crippen LogP contribution in [0.5, 0.6) is 0 Å². The Balaban J connectivity index is 1.79. The average molecular weight is 315 g/mol. The SMILES string of the molecule is O=C(O)N[C@H]1CC[C@H](Nc2cnc(Br)cn2)CC1. The van der Waals surface area contributed by atoms with Crippen molar-refractivity contribution >= 4 is 27.8 Å². The topological polar surface area (TPSA) is 87.1 Å². The molecule has 98 valence electrons. The molecule has 1 aromatic heterocycles. The zero-order valence-electron chi connectivity index (χ0n) is 9.77. The van der Waals surface area contributed by atoms with Crippen LogP contribution in [0.2, 0.25) is 0 Å². The summed E-state index contributed by atoms with van der Waals surface area (Å²) in [6.07, 6.45) is 5.98. The quantitative estimate of drug-likeness (QED) is 0.796. The van der Waals surface area contributed by atoms with Gasteiger partial charge < -0.3 is 15.7 Å². The number of rotatable bonds is 3. The Kier molecular flexibility index (Phi) is 4.35. The van der Waals surface area contributed by atoms with E-state index in [1.54, 1.807) is 12.4 Å². The van der Waals surface area contributed by atoms with Crippen molar-refractivity contribution in [3.05, 3.63) is 17.0 Å². The maximum Gasteiger partial charge on any atom is 0.404 e. The van der Waals surface area contributed by atoms with Gasteiger partial charge in [-0.25, -0.2) is 14.8 Å². The van der Waals surface area contributed by atoms with E-state index in [0.29, 0.717) is 10.6 Å². The molecule has 0 aromatic carbocycles. The molecule has 1 aliphatic carbocycles. The van der Waals surface area contributed by atoms with E-state index in [9.17, 15) is 4.79 Å². The average Bonchev–Trinajstić information content (AvgIpc) is 2.34. The first-order valence-electron chi connectivity index (χ1n) is 5.87. The van der Waals surface area contributed by atoms with Gasteiger partial charge in [0.25, 0.3) is 0 Å². The number of hydrogen-bond donors (Lipinski definition) is 3. The number of nitrogens with one attached hydrogen (secondary N) is 2. The Morgan fingerprint density at radius 3 is 2.44 bits per heavy atom. The highest BCUT2D eigenvalue weighted by molar-refractivity contribution is 9.10. The van der Waals surface area contributed by atoms with Crippen molar-refractivity contribution in [2.45, 2.75) is 37.8 Å². The smallest absolute Gasteiger partial charge is 0.404 e. The molecular weight excluding hydrogens is 300 g/mol. The highest BCUT2D eigenvalue weighted by Crippen LogP contribution is 2.21. The van der Waals surface area contributed by atoms with Gasteiger partial charge in [-0.3, -0.25) is 0 Å². The summed E-state index contributed by atoms with van der Waals surface area (Å²) < 4.78 is 0.711. The van der Waals surface area contributed by atoms with E-state index in [0.717, 1.165) is 31.5 Å². The summed E-state index contributed by atoms with van der Waals surface area (Å²) in [5.74, 6) is 0.757. The van der Waals surface area contributed by atoms with E-state index in [1.807, 2.05) is 0 Å². The first-order chi connectivity index (χ1) is 8.63. The second-order valence-corrected chi connectivity index (χ2v) is 5.18. The molecule has 0 unspecified atom stereocenters. The second-order valence-electron chi connectivity index (χ2n) is 4.37. The van der Waals surface area contributed by atoms with Crippen molar-refractivity contribution in [2.75, 3.05) is 5.32 Å². The largest absolute Gasteiger partial charge is 0.465 e. The number of carboxylic acid groups (broad SMARTS) is 1. The van der Waals surface area contributed by atoms with E-state index < -0.39 is 6.09 Å². The first kappa shape index (κ1) is 13.1. The minimum absolute atomic E-state index is 0.0801. The van der Waals surface area contributed by atoms with Crippen LogP contribution in [0.25, 0.3) is 0 Å². The molecule has 1 saturated carbocycles. The predicted octanol–water partition coefficient (Wildman–Crippen LogP) is 2.23. The summed E-state index contributed by atoms with van der Waals surface area (Å²) in [4.78, 5) is 18.8. The number of aromatic nitrogens is 2. The van der Waals surface area contributed by atoms with E-state index in [-0.39, 0.29) is 6.04 Å². The minimum Gasteiger partial charge on any atom is -0.465 e. The Labute approximate surface area is 113 Å². The van der Waals surface area contributed by atoms with Crippen LogP contribution in [0.4, 0.5) is 10.6 Å². The Morgan fingerprint density at radius 1 is 1.22 bits per heavy atom. The summed E-state index contributed by atoms with van der Waals surface area (Å²) in [6.45, 7) is 0. The van der Waals surface area contributed by atoms with Crippen LogP contribution < -0.4 is 10.6 Å². The molecule has 1 fully saturated rings. The number of hydrogen-bond acceptors (Lipinski definition) is 4. The fourth-order valence-corrected chi connectivity index (χ4v) is 2.36. The molecule has 0 saturated heterocycles. The maximum atomic E-state index is 10.5. The van der Waals surface area contributed by atoms with Crippen molar-refractivity contribution in [1.29, 1.82) is 0 Å². The lowest BCUT2D eigenvalue weighted by molar-refractivity contribution is 0.185. The second kappa shape index (κ2) is 5.99. The molecule has 1 aromatic rings. The molecule has 18 heavy (non-hydrogen) atoms. The highest BCUT2D eigenvalue weighted by atomic mass is 79.9. The van der Waals surface area contributed by atoms with E-state index in [4.69, 9.17) is 5.11 Å². The maximum absolute atomic E-state index is 10.5. The lowest BCUT2D eigenvalue weighted by atomic mass is 9.91. The van der Waals surface area contributed by atoms with E-state index >= 15 is 0 Å². The number of nitrogens with zero attached hydrogens (tertiary/aromatic N) is 2. The predicted molar refractivity (Wildman–Crippen MR) is 70.6 cm³/mol. The van der Waals surface area contributed by atoms with Gasteiger partial charge in [-0.2, -0.15) is 0 Å². The highest BCUT2D eigenvalue weighted by Gasteiger charge is 2.22. The zero-order valence-corrected chi connectivity index (χ0v) is 11.4. The van der Waals surface area contributed by atoms with Gasteiger partial charge >= 0.3 is 6.09 Å². The molecule has 0 bridgehead atoms. The van der Waals surface area contributed by atoms with Crippen LogP contribution in [-0.4, -0.2) is 33.3 Å². The summed E-state index contributed by atoms with van der Waals surface area (Å²) in [5, 5.41) is 14.5. The van der Waals surface area contributed by atoms with Crippen LogP contribution in [0, 0.1) is 0 Å².